The number of nitrogens with one attached hydrogen (secondary N) is 2. The molecular weight excluding hydrogens is 527 g/mol. The first-order chi connectivity index (χ1) is 14.3. The van der Waals surface area contributed by atoms with Crippen LogP contribution in [0.25, 0.3) is 0 Å². The van der Waals surface area contributed by atoms with Crippen LogP contribution >= 0.6 is 24.0 Å². The maximum atomic E-state index is 13.2. The van der Waals surface area contributed by atoms with Crippen LogP contribution in [0.15, 0.2) is 47.5 Å². The SMILES string of the molecule is CN=C(NCC(=O)N1CCc2ccccc2C1)NCc1ccc(F)cc1C(F)(F)F.I. The minimum atomic E-state index is -4.67. The van der Waals surface area contributed by atoms with Crippen LogP contribution in [0.5, 0.6) is 0 Å². The molecule has 31 heavy (non-hydrogen) atoms. The van der Waals surface area contributed by atoms with E-state index in [1.54, 1.807) is 4.90 Å². The van der Waals surface area contributed by atoms with Gasteiger partial charge >= 0.3 is 6.18 Å². The topological polar surface area (TPSA) is 56.7 Å². The molecule has 1 heterocycles. The Labute approximate surface area is 194 Å². The van der Waals surface area contributed by atoms with E-state index in [9.17, 15) is 22.4 Å². The Morgan fingerprint density at radius 3 is 2.52 bits per heavy atom. The van der Waals surface area contributed by atoms with Crippen LogP contribution in [0.3, 0.4) is 0 Å². The van der Waals surface area contributed by atoms with Gasteiger partial charge in [-0.25, -0.2) is 4.39 Å². The van der Waals surface area contributed by atoms with E-state index in [2.05, 4.69) is 15.6 Å². The highest BCUT2D eigenvalue weighted by Crippen LogP contribution is 2.32. The lowest BCUT2D eigenvalue weighted by atomic mass is 10.00. The van der Waals surface area contributed by atoms with Gasteiger partial charge in [0.2, 0.25) is 5.91 Å². The summed E-state index contributed by atoms with van der Waals surface area (Å²) in [6, 6.07) is 10.5. The molecule has 0 aliphatic carbocycles. The number of carbonyl (C=O) groups excluding carboxylic acids is 1. The van der Waals surface area contributed by atoms with Crippen LogP contribution < -0.4 is 10.6 Å². The highest BCUT2D eigenvalue weighted by atomic mass is 127. The Morgan fingerprint density at radius 2 is 1.84 bits per heavy atom. The predicted molar refractivity (Wildman–Crippen MR) is 121 cm³/mol. The summed E-state index contributed by atoms with van der Waals surface area (Å²) in [5, 5.41) is 5.56. The molecule has 1 aliphatic heterocycles. The molecule has 2 N–H and O–H groups in total. The smallest absolute Gasteiger partial charge is 0.352 e. The number of nitrogens with zero attached hydrogens (tertiary/aromatic N) is 2. The molecular formula is C21H23F4IN4O. The summed E-state index contributed by atoms with van der Waals surface area (Å²) in [7, 11) is 1.45. The highest BCUT2D eigenvalue weighted by Gasteiger charge is 2.33. The third-order valence-corrected chi connectivity index (χ3v) is 4.94. The van der Waals surface area contributed by atoms with Crippen molar-refractivity contribution in [1.29, 1.82) is 0 Å². The van der Waals surface area contributed by atoms with E-state index in [0.717, 1.165) is 24.1 Å². The third-order valence-electron chi connectivity index (χ3n) is 4.94. The van der Waals surface area contributed by atoms with Crippen molar-refractivity contribution in [3.63, 3.8) is 0 Å². The van der Waals surface area contributed by atoms with E-state index in [0.29, 0.717) is 19.2 Å². The average molecular weight is 550 g/mol. The van der Waals surface area contributed by atoms with Crippen LogP contribution in [0.1, 0.15) is 22.3 Å². The Kier molecular flexibility index (Phi) is 8.66. The number of alkyl halides is 3. The number of benzene rings is 2. The summed E-state index contributed by atoms with van der Waals surface area (Å²) in [4.78, 5) is 18.2. The minimum Gasteiger partial charge on any atom is -0.352 e. The predicted octanol–water partition coefficient (Wildman–Crippen LogP) is 3.71. The van der Waals surface area contributed by atoms with E-state index in [1.807, 2.05) is 24.3 Å². The molecule has 5 nitrogen and oxygen atoms in total. The summed E-state index contributed by atoms with van der Waals surface area (Å²) in [5.41, 5.74) is 1.17. The number of fused-ring (bicyclic) bond motifs is 1. The zero-order valence-corrected chi connectivity index (χ0v) is 19.1. The molecule has 2 aromatic carbocycles. The number of rotatable bonds is 4. The largest absolute Gasteiger partial charge is 0.416 e. The molecule has 10 heteroatoms. The van der Waals surface area contributed by atoms with Crippen molar-refractivity contribution in [2.75, 3.05) is 20.1 Å². The monoisotopic (exact) mass is 550 g/mol. The van der Waals surface area contributed by atoms with E-state index in [1.165, 1.54) is 12.6 Å². The van der Waals surface area contributed by atoms with E-state index < -0.39 is 17.6 Å². The van der Waals surface area contributed by atoms with Crippen molar-refractivity contribution < 1.29 is 22.4 Å². The number of guanidine groups is 1. The first-order valence-corrected chi connectivity index (χ1v) is 9.42. The van der Waals surface area contributed by atoms with Gasteiger partial charge in [0.1, 0.15) is 5.82 Å². The molecule has 0 saturated carbocycles. The Bertz CT molecular complexity index is 949. The molecule has 0 fully saturated rings. The number of aliphatic imine (C=N–C) groups is 1. The summed E-state index contributed by atoms with van der Waals surface area (Å²) >= 11 is 0. The Morgan fingerprint density at radius 1 is 1.13 bits per heavy atom. The van der Waals surface area contributed by atoms with Gasteiger partial charge in [0.15, 0.2) is 5.96 Å². The van der Waals surface area contributed by atoms with Gasteiger partial charge in [-0.1, -0.05) is 30.3 Å². The molecule has 1 amide bonds. The lowest BCUT2D eigenvalue weighted by Gasteiger charge is -2.29. The number of hydrogen-bond donors (Lipinski definition) is 2. The molecule has 0 atom stereocenters. The molecule has 2 aromatic rings. The molecule has 0 unspecified atom stereocenters. The lowest BCUT2D eigenvalue weighted by Crippen LogP contribution is -2.45. The first kappa shape index (κ1) is 24.9. The van der Waals surface area contributed by atoms with Gasteiger partial charge in [0.05, 0.1) is 12.1 Å². The fourth-order valence-corrected chi connectivity index (χ4v) is 3.35. The van der Waals surface area contributed by atoms with Gasteiger partial charge < -0.3 is 15.5 Å². The zero-order valence-electron chi connectivity index (χ0n) is 16.8. The number of amides is 1. The van der Waals surface area contributed by atoms with Crippen LogP contribution in [0.4, 0.5) is 17.6 Å². The zero-order chi connectivity index (χ0) is 21.7. The van der Waals surface area contributed by atoms with Gasteiger partial charge in [0.25, 0.3) is 0 Å². The van der Waals surface area contributed by atoms with Crippen molar-refractivity contribution in [3.8, 4) is 0 Å². The van der Waals surface area contributed by atoms with E-state index in [4.69, 9.17) is 0 Å². The molecule has 0 radical (unpaired) electrons. The normalized spacial score (nSPS) is 13.8. The molecule has 3 rings (SSSR count). The standard InChI is InChI=1S/C21H22F4N4O.HI/c1-26-20(27-11-15-6-7-17(22)10-18(15)21(23,24)25)28-12-19(30)29-9-8-14-4-2-3-5-16(14)13-29;/h2-7,10H,8-9,11-13H2,1H3,(H2,26,27,28);1H. The van der Waals surface area contributed by atoms with Gasteiger partial charge in [-0.15, -0.1) is 24.0 Å². The number of halogens is 5. The molecule has 0 bridgehead atoms. The molecule has 0 spiro atoms. The van der Waals surface area contributed by atoms with Gasteiger partial charge in [-0.05, 0) is 35.2 Å². The van der Waals surface area contributed by atoms with Crippen LogP contribution in [-0.4, -0.2) is 36.9 Å². The second-order valence-corrected chi connectivity index (χ2v) is 6.91. The molecule has 0 saturated heterocycles. The third kappa shape index (κ3) is 6.55. The van der Waals surface area contributed by atoms with Crippen molar-refractivity contribution in [1.82, 2.24) is 15.5 Å². The second-order valence-electron chi connectivity index (χ2n) is 6.91. The fourth-order valence-electron chi connectivity index (χ4n) is 3.35. The van der Waals surface area contributed by atoms with Crippen molar-refractivity contribution in [3.05, 3.63) is 70.5 Å². The summed E-state index contributed by atoms with van der Waals surface area (Å²) < 4.78 is 52.6. The number of hydrogen-bond acceptors (Lipinski definition) is 2. The second kappa shape index (κ2) is 10.8. The van der Waals surface area contributed by atoms with Crippen LogP contribution in [-0.2, 0) is 30.5 Å². The van der Waals surface area contributed by atoms with Crippen molar-refractivity contribution >= 4 is 35.8 Å². The lowest BCUT2D eigenvalue weighted by molar-refractivity contribution is -0.138. The molecule has 0 aromatic heterocycles. The first-order valence-electron chi connectivity index (χ1n) is 9.42. The van der Waals surface area contributed by atoms with Gasteiger partial charge in [-0.2, -0.15) is 13.2 Å². The van der Waals surface area contributed by atoms with Crippen LogP contribution in [0, 0.1) is 5.82 Å². The Hall–Kier alpha value is -2.37. The quantitative estimate of drug-likeness (QED) is 0.264. The molecule has 168 valence electrons. The Balaban J connectivity index is 0.00000341. The summed E-state index contributed by atoms with van der Waals surface area (Å²) in [6.07, 6.45) is -3.89. The summed E-state index contributed by atoms with van der Waals surface area (Å²) in [5.74, 6) is -0.911. The maximum Gasteiger partial charge on any atom is 0.416 e. The number of carbonyl (C=O) groups is 1. The van der Waals surface area contributed by atoms with Crippen molar-refractivity contribution in [2.45, 2.75) is 25.7 Å². The van der Waals surface area contributed by atoms with Crippen LogP contribution in [0.2, 0.25) is 0 Å². The maximum absolute atomic E-state index is 13.2. The average Bonchev–Trinajstić information content (AvgIpc) is 2.73. The fraction of sp³-hybridized carbons (Fsp3) is 0.333. The minimum absolute atomic E-state index is 0. The highest BCUT2D eigenvalue weighted by molar-refractivity contribution is 14.0. The van der Waals surface area contributed by atoms with Gasteiger partial charge in [0, 0.05) is 26.7 Å². The van der Waals surface area contributed by atoms with Gasteiger partial charge in [-0.3, -0.25) is 9.79 Å². The molecule has 1 aliphatic rings. The van der Waals surface area contributed by atoms with E-state index >= 15 is 0 Å². The van der Waals surface area contributed by atoms with Crippen molar-refractivity contribution in [2.24, 2.45) is 4.99 Å². The van der Waals surface area contributed by atoms with E-state index in [-0.39, 0.29) is 54.5 Å². The summed E-state index contributed by atoms with van der Waals surface area (Å²) in [6.45, 7) is 0.860.